The lowest BCUT2D eigenvalue weighted by Crippen LogP contribution is -2.24. The van der Waals surface area contributed by atoms with Crippen molar-refractivity contribution < 1.29 is 14.3 Å². The Bertz CT molecular complexity index is 1140. The molecule has 0 aliphatic carbocycles. The van der Waals surface area contributed by atoms with Gasteiger partial charge in [0.15, 0.2) is 11.5 Å². The molecule has 0 bridgehead atoms. The van der Waals surface area contributed by atoms with E-state index in [4.69, 9.17) is 9.47 Å². The summed E-state index contributed by atoms with van der Waals surface area (Å²) in [6.07, 6.45) is 7.78. The van der Waals surface area contributed by atoms with Gasteiger partial charge in [-0.05, 0) is 65.2 Å². The topological polar surface area (TPSA) is 65.4 Å². The minimum Gasteiger partial charge on any atom is -0.493 e. The van der Waals surface area contributed by atoms with Crippen molar-refractivity contribution in [2.24, 2.45) is 0 Å². The second kappa shape index (κ2) is 10.3. The zero-order valence-electron chi connectivity index (χ0n) is 17.9. The molecular formula is C26H25N3O3. The number of amides is 1. The molecule has 2 heterocycles. The van der Waals surface area contributed by atoms with Crippen LogP contribution in [-0.2, 0) is 24.4 Å². The molecule has 0 spiro atoms. The van der Waals surface area contributed by atoms with Gasteiger partial charge in [0.1, 0.15) is 6.61 Å². The summed E-state index contributed by atoms with van der Waals surface area (Å²) in [5, 5.41) is 2.97. The molecule has 0 aliphatic rings. The van der Waals surface area contributed by atoms with E-state index in [0.717, 1.165) is 22.4 Å². The van der Waals surface area contributed by atoms with E-state index in [2.05, 4.69) is 10.3 Å². The standard InChI is InChI=1S/C26H25N3O3/c1-31-25-16-22(6-9-24(25)32-19-21-10-12-27-13-11-21)18-28-26(30)17-20-4-7-23(8-5-20)29-14-2-3-15-29/h2-16H,17-19H2,1H3,(H,28,30). The molecule has 2 aromatic carbocycles. The normalized spacial score (nSPS) is 10.5. The van der Waals surface area contributed by atoms with Crippen LogP contribution in [0.4, 0.5) is 0 Å². The first-order chi connectivity index (χ1) is 15.7. The van der Waals surface area contributed by atoms with Gasteiger partial charge >= 0.3 is 0 Å². The third-order valence-corrected chi connectivity index (χ3v) is 5.07. The highest BCUT2D eigenvalue weighted by molar-refractivity contribution is 5.78. The number of nitrogens with zero attached hydrogens (tertiary/aromatic N) is 2. The van der Waals surface area contributed by atoms with Gasteiger partial charge in [-0.1, -0.05) is 18.2 Å². The van der Waals surface area contributed by atoms with Crippen LogP contribution in [0.3, 0.4) is 0 Å². The van der Waals surface area contributed by atoms with Crippen LogP contribution in [0.15, 0.2) is 91.5 Å². The van der Waals surface area contributed by atoms with Crippen LogP contribution in [0.2, 0.25) is 0 Å². The summed E-state index contributed by atoms with van der Waals surface area (Å²) in [6.45, 7) is 0.847. The van der Waals surface area contributed by atoms with Gasteiger partial charge in [-0.15, -0.1) is 0 Å². The second-order valence-electron chi connectivity index (χ2n) is 7.34. The Morgan fingerprint density at radius 3 is 2.34 bits per heavy atom. The number of rotatable bonds is 9. The fourth-order valence-electron chi connectivity index (χ4n) is 3.32. The highest BCUT2D eigenvalue weighted by atomic mass is 16.5. The van der Waals surface area contributed by atoms with E-state index in [-0.39, 0.29) is 5.91 Å². The predicted octanol–water partition coefficient (Wildman–Crippen LogP) is 4.32. The summed E-state index contributed by atoms with van der Waals surface area (Å²) in [5.74, 6) is 1.25. The van der Waals surface area contributed by atoms with E-state index < -0.39 is 0 Å². The molecule has 162 valence electrons. The van der Waals surface area contributed by atoms with E-state index in [9.17, 15) is 4.79 Å². The maximum absolute atomic E-state index is 12.4. The number of carbonyl (C=O) groups excluding carboxylic acids is 1. The lowest BCUT2D eigenvalue weighted by Gasteiger charge is -2.13. The molecule has 0 saturated heterocycles. The third kappa shape index (κ3) is 5.55. The van der Waals surface area contributed by atoms with Crippen LogP contribution in [0.25, 0.3) is 5.69 Å². The average Bonchev–Trinajstić information content (AvgIpc) is 3.38. The van der Waals surface area contributed by atoms with Crippen LogP contribution in [0.5, 0.6) is 11.5 Å². The molecule has 0 saturated carbocycles. The fraction of sp³-hybridized carbons (Fsp3) is 0.154. The molecule has 4 rings (SSSR count). The first-order valence-corrected chi connectivity index (χ1v) is 10.4. The molecule has 0 unspecified atom stereocenters. The minimum atomic E-state index is -0.0318. The second-order valence-corrected chi connectivity index (χ2v) is 7.34. The van der Waals surface area contributed by atoms with E-state index in [1.165, 1.54) is 0 Å². The number of aromatic nitrogens is 2. The largest absolute Gasteiger partial charge is 0.493 e. The van der Waals surface area contributed by atoms with Gasteiger partial charge in [-0.3, -0.25) is 9.78 Å². The number of carbonyl (C=O) groups is 1. The molecule has 2 aromatic heterocycles. The van der Waals surface area contributed by atoms with E-state index in [1.807, 2.05) is 83.7 Å². The van der Waals surface area contributed by atoms with Crippen LogP contribution < -0.4 is 14.8 Å². The Balaban J connectivity index is 1.30. The number of hydrogen-bond donors (Lipinski definition) is 1. The summed E-state index contributed by atoms with van der Waals surface area (Å²) in [5.41, 5.74) is 4.00. The average molecular weight is 428 g/mol. The predicted molar refractivity (Wildman–Crippen MR) is 123 cm³/mol. The number of hydrogen-bond acceptors (Lipinski definition) is 4. The third-order valence-electron chi connectivity index (χ3n) is 5.07. The lowest BCUT2D eigenvalue weighted by atomic mass is 10.1. The van der Waals surface area contributed by atoms with Crippen LogP contribution in [-0.4, -0.2) is 22.6 Å². The Hall–Kier alpha value is -4.06. The number of nitrogens with one attached hydrogen (secondary N) is 1. The summed E-state index contributed by atoms with van der Waals surface area (Å²) in [4.78, 5) is 16.4. The monoisotopic (exact) mass is 427 g/mol. The highest BCUT2D eigenvalue weighted by Crippen LogP contribution is 2.28. The zero-order chi connectivity index (χ0) is 22.2. The van der Waals surface area contributed by atoms with Gasteiger partial charge in [-0.2, -0.15) is 0 Å². The molecular weight excluding hydrogens is 402 g/mol. The van der Waals surface area contributed by atoms with Crippen LogP contribution >= 0.6 is 0 Å². The first-order valence-electron chi connectivity index (χ1n) is 10.4. The summed E-state index contributed by atoms with van der Waals surface area (Å²) in [7, 11) is 1.61. The number of methoxy groups -OCH3 is 1. The van der Waals surface area contributed by atoms with E-state index in [0.29, 0.717) is 31.1 Å². The van der Waals surface area contributed by atoms with Crippen LogP contribution in [0.1, 0.15) is 16.7 Å². The van der Waals surface area contributed by atoms with E-state index in [1.54, 1.807) is 19.5 Å². The van der Waals surface area contributed by atoms with Crippen molar-refractivity contribution in [3.05, 3.63) is 108 Å². The maximum atomic E-state index is 12.4. The summed E-state index contributed by atoms with van der Waals surface area (Å²) >= 11 is 0. The van der Waals surface area contributed by atoms with Gasteiger partial charge in [0.2, 0.25) is 5.91 Å². The van der Waals surface area contributed by atoms with Gasteiger partial charge in [0, 0.05) is 37.0 Å². The molecule has 32 heavy (non-hydrogen) atoms. The Kier molecular flexibility index (Phi) is 6.82. The van der Waals surface area contributed by atoms with Crippen molar-refractivity contribution in [3.8, 4) is 17.2 Å². The zero-order valence-corrected chi connectivity index (χ0v) is 17.9. The molecule has 4 aromatic rings. The van der Waals surface area contributed by atoms with Crippen LogP contribution in [0, 0.1) is 0 Å². The first kappa shape index (κ1) is 21.2. The van der Waals surface area contributed by atoms with Crippen molar-refractivity contribution >= 4 is 5.91 Å². The molecule has 0 atom stereocenters. The van der Waals surface area contributed by atoms with Gasteiger partial charge in [0.05, 0.1) is 13.5 Å². The number of pyridine rings is 1. The Morgan fingerprint density at radius 2 is 1.62 bits per heavy atom. The van der Waals surface area contributed by atoms with Crippen molar-refractivity contribution in [2.45, 2.75) is 19.6 Å². The lowest BCUT2D eigenvalue weighted by molar-refractivity contribution is -0.120. The Morgan fingerprint density at radius 1 is 0.906 bits per heavy atom. The van der Waals surface area contributed by atoms with Crippen molar-refractivity contribution in [1.29, 1.82) is 0 Å². The molecule has 0 fully saturated rings. The SMILES string of the molecule is COc1cc(CNC(=O)Cc2ccc(-n3cccc3)cc2)ccc1OCc1ccncc1. The highest BCUT2D eigenvalue weighted by Gasteiger charge is 2.09. The molecule has 0 radical (unpaired) electrons. The van der Waals surface area contributed by atoms with Crippen molar-refractivity contribution in [2.75, 3.05) is 7.11 Å². The Labute approximate surface area is 187 Å². The van der Waals surface area contributed by atoms with Gasteiger partial charge < -0.3 is 19.4 Å². The maximum Gasteiger partial charge on any atom is 0.224 e. The minimum absolute atomic E-state index is 0.0318. The molecule has 0 aliphatic heterocycles. The number of ether oxygens (including phenoxy) is 2. The number of benzene rings is 2. The molecule has 6 heteroatoms. The molecule has 1 N–H and O–H groups in total. The smallest absolute Gasteiger partial charge is 0.224 e. The van der Waals surface area contributed by atoms with Crippen molar-refractivity contribution in [3.63, 3.8) is 0 Å². The fourth-order valence-corrected chi connectivity index (χ4v) is 3.32. The quantitative estimate of drug-likeness (QED) is 0.432. The van der Waals surface area contributed by atoms with E-state index >= 15 is 0 Å². The van der Waals surface area contributed by atoms with Crippen molar-refractivity contribution in [1.82, 2.24) is 14.9 Å². The summed E-state index contributed by atoms with van der Waals surface area (Å²) < 4.78 is 13.4. The van der Waals surface area contributed by atoms with Gasteiger partial charge in [0.25, 0.3) is 0 Å². The molecule has 6 nitrogen and oxygen atoms in total. The summed E-state index contributed by atoms with van der Waals surface area (Å²) in [6, 6.07) is 21.4. The van der Waals surface area contributed by atoms with Gasteiger partial charge in [-0.25, -0.2) is 0 Å². The molecule has 1 amide bonds.